The maximum Gasteiger partial charge on any atom is 0.242 e. The van der Waals surface area contributed by atoms with Gasteiger partial charge in [0.15, 0.2) is 0 Å². The van der Waals surface area contributed by atoms with Gasteiger partial charge in [-0.3, -0.25) is 0 Å². The smallest absolute Gasteiger partial charge is 0.242 e. The van der Waals surface area contributed by atoms with Crippen molar-refractivity contribution in [3.05, 3.63) is 29.6 Å². The van der Waals surface area contributed by atoms with Crippen molar-refractivity contribution in [2.75, 3.05) is 14.1 Å². The molecule has 0 radical (unpaired) electrons. The predicted octanol–water partition coefficient (Wildman–Crippen LogP) is 0.535. The molecule has 1 aromatic carbocycles. The lowest BCUT2D eigenvalue weighted by Crippen LogP contribution is -2.24. The quantitative estimate of drug-likeness (QED) is 0.827. The second-order valence-electron chi connectivity index (χ2n) is 3.24. The number of hydrogen-bond donors (Lipinski definition) is 1. The molecule has 0 saturated carbocycles. The van der Waals surface area contributed by atoms with Gasteiger partial charge >= 0.3 is 0 Å². The zero-order valence-electron chi connectivity index (χ0n) is 8.57. The first-order valence-corrected chi connectivity index (χ1v) is 5.74. The fraction of sp³-hybridized carbons (Fsp3) is 0.333. The molecule has 2 N–H and O–H groups in total. The third-order valence-corrected chi connectivity index (χ3v) is 3.92. The first-order chi connectivity index (χ1) is 6.89. The molecule has 0 amide bonds. The molecule has 0 aliphatic heterocycles. The van der Waals surface area contributed by atoms with Crippen molar-refractivity contribution in [1.29, 1.82) is 0 Å². The molecular weight excluding hydrogens is 219 g/mol. The lowest BCUT2D eigenvalue weighted by atomic mass is 10.2. The van der Waals surface area contributed by atoms with E-state index in [-0.39, 0.29) is 17.0 Å². The number of benzene rings is 1. The van der Waals surface area contributed by atoms with Crippen molar-refractivity contribution in [3.63, 3.8) is 0 Å². The summed E-state index contributed by atoms with van der Waals surface area (Å²) in [5.74, 6) is -0.492. The minimum absolute atomic E-state index is 0.0137. The van der Waals surface area contributed by atoms with Crippen molar-refractivity contribution in [2.45, 2.75) is 11.4 Å². The van der Waals surface area contributed by atoms with Gasteiger partial charge in [-0.15, -0.1) is 0 Å². The van der Waals surface area contributed by atoms with Crippen molar-refractivity contribution in [3.8, 4) is 0 Å². The van der Waals surface area contributed by atoms with Crippen LogP contribution in [0.15, 0.2) is 23.1 Å². The number of hydrogen-bond acceptors (Lipinski definition) is 3. The number of sulfonamides is 1. The molecule has 1 aromatic rings. The summed E-state index contributed by atoms with van der Waals surface area (Å²) in [6, 6.07) is 3.47. The average Bonchev–Trinajstić information content (AvgIpc) is 2.16. The molecule has 0 spiro atoms. The number of nitrogens with zero attached hydrogens (tertiary/aromatic N) is 1. The van der Waals surface area contributed by atoms with E-state index in [1.54, 1.807) is 0 Å². The SMILES string of the molecule is CN(C)S(=O)(=O)c1ccc(F)cc1CN. The third-order valence-electron chi connectivity index (χ3n) is 2.00. The van der Waals surface area contributed by atoms with Crippen LogP contribution in [0.3, 0.4) is 0 Å². The van der Waals surface area contributed by atoms with E-state index < -0.39 is 15.8 Å². The van der Waals surface area contributed by atoms with E-state index in [1.165, 1.54) is 20.2 Å². The summed E-state index contributed by atoms with van der Waals surface area (Å²) in [5.41, 5.74) is 5.65. The Hall–Kier alpha value is -0.980. The zero-order chi connectivity index (χ0) is 11.6. The van der Waals surface area contributed by atoms with Crippen LogP contribution in [0.4, 0.5) is 4.39 Å². The van der Waals surface area contributed by atoms with Gasteiger partial charge in [-0.25, -0.2) is 17.1 Å². The fourth-order valence-electron chi connectivity index (χ4n) is 1.16. The second kappa shape index (κ2) is 4.26. The first kappa shape index (κ1) is 12.1. The summed E-state index contributed by atoms with van der Waals surface area (Å²) in [6.45, 7) is -0.0137. The van der Waals surface area contributed by atoms with Crippen molar-refractivity contribution >= 4 is 10.0 Å². The Morgan fingerprint density at radius 3 is 2.47 bits per heavy atom. The lowest BCUT2D eigenvalue weighted by Gasteiger charge is -2.14. The van der Waals surface area contributed by atoms with Crippen LogP contribution in [0.5, 0.6) is 0 Å². The van der Waals surface area contributed by atoms with Crippen molar-refractivity contribution in [1.82, 2.24) is 4.31 Å². The van der Waals surface area contributed by atoms with Crippen LogP contribution >= 0.6 is 0 Å². The molecular formula is C9H13FN2O2S. The van der Waals surface area contributed by atoms with Crippen LogP contribution < -0.4 is 5.73 Å². The Balaban J connectivity index is 3.38. The van der Waals surface area contributed by atoms with Gasteiger partial charge < -0.3 is 5.73 Å². The highest BCUT2D eigenvalue weighted by atomic mass is 32.2. The lowest BCUT2D eigenvalue weighted by molar-refractivity contribution is 0.519. The van der Waals surface area contributed by atoms with Gasteiger partial charge in [0.05, 0.1) is 4.90 Å². The summed E-state index contributed by atoms with van der Waals surface area (Å²) in [7, 11) is -0.718. The van der Waals surface area contributed by atoms with E-state index in [0.29, 0.717) is 0 Å². The first-order valence-electron chi connectivity index (χ1n) is 4.30. The number of halogens is 1. The van der Waals surface area contributed by atoms with Gasteiger partial charge in [-0.1, -0.05) is 0 Å². The molecule has 15 heavy (non-hydrogen) atoms. The molecule has 0 heterocycles. The highest BCUT2D eigenvalue weighted by Gasteiger charge is 2.20. The van der Waals surface area contributed by atoms with Crippen LogP contribution in [0.1, 0.15) is 5.56 Å². The summed E-state index contributed by atoms with van der Waals surface area (Å²) < 4.78 is 37.5. The van der Waals surface area contributed by atoms with Crippen LogP contribution in [0.25, 0.3) is 0 Å². The molecule has 0 aliphatic carbocycles. The van der Waals surface area contributed by atoms with Gasteiger partial charge in [0.25, 0.3) is 0 Å². The Morgan fingerprint density at radius 2 is 2.00 bits per heavy atom. The Bertz CT molecular complexity index is 457. The highest BCUT2D eigenvalue weighted by molar-refractivity contribution is 7.89. The molecule has 0 saturated heterocycles. The highest BCUT2D eigenvalue weighted by Crippen LogP contribution is 2.19. The van der Waals surface area contributed by atoms with Crippen LogP contribution in [0.2, 0.25) is 0 Å². The molecule has 6 heteroatoms. The summed E-state index contributed by atoms with van der Waals surface area (Å²) in [4.78, 5) is 0.0522. The molecule has 0 atom stereocenters. The fourth-order valence-corrected chi connectivity index (χ4v) is 2.26. The normalized spacial score (nSPS) is 12.1. The number of rotatable bonds is 3. The summed E-state index contributed by atoms with van der Waals surface area (Å²) in [5, 5.41) is 0. The third kappa shape index (κ3) is 2.34. The maximum absolute atomic E-state index is 12.9. The standard InChI is InChI=1S/C9H13FN2O2S/c1-12(2)15(13,14)9-4-3-8(10)5-7(9)6-11/h3-5H,6,11H2,1-2H3. The van der Waals surface area contributed by atoms with Gasteiger partial charge in [-0.2, -0.15) is 0 Å². The minimum Gasteiger partial charge on any atom is -0.326 e. The van der Waals surface area contributed by atoms with Crippen LogP contribution in [0, 0.1) is 5.82 Å². The van der Waals surface area contributed by atoms with E-state index in [2.05, 4.69) is 0 Å². The molecule has 4 nitrogen and oxygen atoms in total. The molecule has 0 aliphatic rings. The van der Waals surface area contributed by atoms with E-state index in [4.69, 9.17) is 5.73 Å². The maximum atomic E-state index is 12.9. The van der Waals surface area contributed by atoms with Gasteiger partial charge in [-0.05, 0) is 23.8 Å². The minimum atomic E-state index is -3.55. The summed E-state index contributed by atoms with van der Waals surface area (Å²) >= 11 is 0. The monoisotopic (exact) mass is 232 g/mol. The zero-order valence-corrected chi connectivity index (χ0v) is 9.38. The largest absolute Gasteiger partial charge is 0.326 e. The Kier molecular flexibility index (Phi) is 3.43. The molecule has 84 valence electrons. The molecule has 0 bridgehead atoms. The average molecular weight is 232 g/mol. The van der Waals surface area contributed by atoms with Crippen molar-refractivity contribution in [2.24, 2.45) is 5.73 Å². The van der Waals surface area contributed by atoms with E-state index >= 15 is 0 Å². The predicted molar refractivity (Wildman–Crippen MR) is 55.2 cm³/mol. The van der Waals surface area contributed by atoms with Crippen LogP contribution in [-0.2, 0) is 16.6 Å². The second-order valence-corrected chi connectivity index (χ2v) is 5.36. The van der Waals surface area contributed by atoms with Crippen molar-refractivity contribution < 1.29 is 12.8 Å². The topological polar surface area (TPSA) is 63.4 Å². The summed E-state index contributed by atoms with van der Waals surface area (Å²) in [6.07, 6.45) is 0. The van der Waals surface area contributed by atoms with Gasteiger partial charge in [0.2, 0.25) is 10.0 Å². The van der Waals surface area contributed by atoms with E-state index in [1.807, 2.05) is 0 Å². The molecule has 1 rings (SSSR count). The molecule has 0 unspecified atom stereocenters. The Labute approximate surface area is 88.6 Å². The van der Waals surface area contributed by atoms with Crippen LogP contribution in [-0.4, -0.2) is 26.8 Å². The molecule has 0 aromatic heterocycles. The molecule has 0 fully saturated rings. The number of nitrogens with two attached hydrogens (primary N) is 1. The van der Waals surface area contributed by atoms with E-state index in [0.717, 1.165) is 16.4 Å². The Morgan fingerprint density at radius 1 is 1.40 bits per heavy atom. The van der Waals surface area contributed by atoms with Gasteiger partial charge in [0, 0.05) is 20.6 Å². The van der Waals surface area contributed by atoms with Gasteiger partial charge in [0.1, 0.15) is 5.82 Å². The van der Waals surface area contributed by atoms with E-state index in [9.17, 15) is 12.8 Å².